The van der Waals surface area contributed by atoms with Crippen LogP contribution >= 0.6 is 7.92 Å². The Hall–Kier alpha value is 0.430. The normalized spacial score (nSPS) is 39.8. The molecule has 48 valence electrons. The van der Waals surface area contributed by atoms with Gasteiger partial charge >= 0.3 is 0 Å². The summed E-state index contributed by atoms with van der Waals surface area (Å²) in [6.07, 6.45) is 6.04. The molecule has 0 spiro atoms. The van der Waals surface area contributed by atoms with Crippen molar-refractivity contribution in [2.75, 3.05) is 12.8 Å². The molecule has 0 aromatic carbocycles. The first kappa shape index (κ1) is 6.55. The van der Waals surface area contributed by atoms with Crippen LogP contribution in [0, 0.1) is 0 Å². The van der Waals surface area contributed by atoms with Gasteiger partial charge in [0, 0.05) is 0 Å². The van der Waals surface area contributed by atoms with E-state index in [0.29, 0.717) is 7.92 Å². The smallest absolute Gasteiger partial charge is 0.0240 e. The second kappa shape index (κ2) is 2.82. The maximum atomic E-state index is 2.44. The van der Waals surface area contributed by atoms with Crippen molar-refractivity contribution in [2.24, 2.45) is 0 Å². The fourth-order valence-electron chi connectivity index (χ4n) is 1.24. The van der Waals surface area contributed by atoms with Crippen molar-refractivity contribution in [3.05, 3.63) is 0 Å². The lowest BCUT2D eigenvalue weighted by Gasteiger charge is -2.25. The molecule has 0 radical (unpaired) electrons. The van der Waals surface area contributed by atoms with Gasteiger partial charge in [-0.3, -0.25) is 0 Å². The molecule has 8 heavy (non-hydrogen) atoms. The van der Waals surface area contributed by atoms with Crippen LogP contribution in [0.3, 0.4) is 0 Å². The van der Waals surface area contributed by atoms with E-state index in [1.54, 1.807) is 0 Å². The van der Waals surface area contributed by atoms with Crippen LogP contribution in [-0.2, 0) is 0 Å². The Morgan fingerprint density at radius 3 is 2.50 bits per heavy atom. The van der Waals surface area contributed by atoms with E-state index < -0.39 is 0 Å². The van der Waals surface area contributed by atoms with Gasteiger partial charge in [0.1, 0.15) is 0 Å². The largest absolute Gasteiger partial charge is 0.107 e. The highest BCUT2D eigenvalue weighted by Gasteiger charge is 2.14. The van der Waals surface area contributed by atoms with Crippen molar-refractivity contribution in [3.8, 4) is 0 Å². The SMILES string of the molecule is CC1CCCCP1C. The van der Waals surface area contributed by atoms with Crippen LogP contribution < -0.4 is 0 Å². The van der Waals surface area contributed by atoms with E-state index in [1.165, 1.54) is 25.4 Å². The lowest BCUT2D eigenvalue weighted by atomic mass is 10.2. The summed E-state index contributed by atoms with van der Waals surface area (Å²) < 4.78 is 0. The molecule has 1 rings (SSSR count). The quantitative estimate of drug-likeness (QED) is 0.442. The monoisotopic (exact) mass is 130 g/mol. The van der Waals surface area contributed by atoms with Gasteiger partial charge in [-0.2, -0.15) is 0 Å². The Bertz CT molecular complexity index is 60.8. The summed E-state index contributed by atoms with van der Waals surface area (Å²) in [5, 5.41) is 0. The molecular formula is C7H15P. The van der Waals surface area contributed by atoms with E-state index in [1.807, 2.05) is 0 Å². The maximum Gasteiger partial charge on any atom is -0.0240 e. The summed E-state index contributed by atoms with van der Waals surface area (Å²) in [5.41, 5.74) is 1.07. The molecule has 0 N–H and O–H groups in total. The van der Waals surface area contributed by atoms with Crippen LogP contribution in [0.4, 0.5) is 0 Å². The zero-order chi connectivity index (χ0) is 5.98. The van der Waals surface area contributed by atoms with Crippen molar-refractivity contribution in [1.29, 1.82) is 0 Å². The van der Waals surface area contributed by atoms with E-state index in [-0.39, 0.29) is 0 Å². The predicted octanol–water partition coefficient (Wildman–Crippen LogP) is 2.67. The van der Waals surface area contributed by atoms with Gasteiger partial charge in [0.25, 0.3) is 0 Å². The van der Waals surface area contributed by atoms with Crippen molar-refractivity contribution in [1.82, 2.24) is 0 Å². The molecule has 1 heteroatoms. The minimum atomic E-state index is 0.447. The van der Waals surface area contributed by atoms with Crippen molar-refractivity contribution in [3.63, 3.8) is 0 Å². The molecule has 0 saturated carbocycles. The zero-order valence-corrected chi connectivity index (χ0v) is 6.75. The molecule has 0 aromatic heterocycles. The van der Waals surface area contributed by atoms with Crippen LogP contribution in [0.5, 0.6) is 0 Å². The predicted molar refractivity (Wildman–Crippen MR) is 41.0 cm³/mol. The topological polar surface area (TPSA) is 0 Å². The van der Waals surface area contributed by atoms with E-state index >= 15 is 0 Å². The van der Waals surface area contributed by atoms with Crippen LogP contribution in [0.15, 0.2) is 0 Å². The molecule has 0 amide bonds. The molecule has 1 aliphatic rings. The van der Waals surface area contributed by atoms with Crippen molar-refractivity contribution in [2.45, 2.75) is 31.8 Å². The second-order valence-corrected chi connectivity index (χ2v) is 5.67. The molecule has 2 atom stereocenters. The Balaban J connectivity index is 2.28. The Labute approximate surface area is 53.4 Å². The highest BCUT2D eigenvalue weighted by molar-refractivity contribution is 7.57. The van der Waals surface area contributed by atoms with Gasteiger partial charge in [0.2, 0.25) is 0 Å². The molecule has 0 aromatic rings. The van der Waals surface area contributed by atoms with Gasteiger partial charge in [0.05, 0.1) is 0 Å². The van der Waals surface area contributed by atoms with Crippen LogP contribution in [0.2, 0.25) is 0 Å². The first-order valence-electron chi connectivity index (χ1n) is 3.51. The van der Waals surface area contributed by atoms with Crippen LogP contribution in [-0.4, -0.2) is 18.5 Å². The van der Waals surface area contributed by atoms with Crippen LogP contribution in [0.25, 0.3) is 0 Å². The van der Waals surface area contributed by atoms with Gasteiger partial charge < -0.3 is 0 Å². The third-order valence-corrected chi connectivity index (χ3v) is 4.92. The van der Waals surface area contributed by atoms with E-state index in [4.69, 9.17) is 0 Å². The van der Waals surface area contributed by atoms with Gasteiger partial charge in [-0.1, -0.05) is 13.3 Å². The van der Waals surface area contributed by atoms with E-state index in [9.17, 15) is 0 Å². The molecule has 1 fully saturated rings. The number of rotatable bonds is 0. The Morgan fingerprint density at radius 2 is 2.12 bits per heavy atom. The molecule has 0 bridgehead atoms. The zero-order valence-electron chi connectivity index (χ0n) is 5.85. The van der Waals surface area contributed by atoms with Gasteiger partial charge in [0.15, 0.2) is 0 Å². The van der Waals surface area contributed by atoms with Gasteiger partial charge in [-0.25, -0.2) is 0 Å². The molecule has 1 heterocycles. The minimum Gasteiger partial charge on any atom is -0.107 e. The third kappa shape index (κ3) is 1.45. The average Bonchev–Trinajstić information content (AvgIpc) is 1.77. The summed E-state index contributed by atoms with van der Waals surface area (Å²) in [6, 6.07) is 0. The first-order chi connectivity index (χ1) is 3.80. The summed E-state index contributed by atoms with van der Waals surface area (Å²) in [5.74, 6) is 0. The third-order valence-electron chi connectivity index (χ3n) is 2.14. The van der Waals surface area contributed by atoms with E-state index in [2.05, 4.69) is 13.6 Å². The number of hydrogen-bond acceptors (Lipinski definition) is 0. The van der Waals surface area contributed by atoms with Crippen LogP contribution in [0.1, 0.15) is 26.2 Å². The Morgan fingerprint density at radius 1 is 1.38 bits per heavy atom. The molecule has 0 nitrogen and oxygen atoms in total. The second-order valence-electron chi connectivity index (χ2n) is 2.83. The molecule has 2 unspecified atom stereocenters. The molecule has 0 aliphatic carbocycles. The highest BCUT2D eigenvalue weighted by atomic mass is 31.1. The van der Waals surface area contributed by atoms with Crippen molar-refractivity contribution >= 4 is 7.92 Å². The molecular weight excluding hydrogens is 115 g/mol. The molecule has 1 aliphatic heterocycles. The summed E-state index contributed by atoms with van der Waals surface area (Å²) in [7, 11) is 0.447. The summed E-state index contributed by atoms with van der Waals surface area (Å²) >= 11 is 0. The van der Waals surface area contributed by atoms with Gasteiger partial charge in [-0.15, -0.1) is 7.92 Å². The Kier molecular flexibility index (Phi) is 2.31. The number of hydrogen-bond donors (Lipinski definition) is 0. The lowest BCUT2D eigenvalue weighted by molar-refractivity contribution is 0.680. The van der Waals surface area contributed by atoms with Crippen molar-refractivity contribution < 1.29 is 0 Å². The first-order valence-corrected chi connectivity index (χ1v) is 5.55. The maximum absolute atomic E-state index is 2.44. The molecule has 1 saturated heterocycles. The lowest BCUT2D eigenvalue weighted by Crippen LogP contribution is -2.07. The standard InChI is InChI=1S/C7H15P/c1-7-5-3-4-6-8(7)2/h7H,3-6H2,1-2H3. The fraction of sp³-hybridized carbons (Fsp3) is 1.00. The van der Waals surface area contributed by atoms with Gasteiger partial charge in [-0.05, 0) is 31.3 Å². The van der Waals surface area contributed by atoms with E-state index in [0.717, 1.165) is 5.66 Å². The average molecular weight is 130 g/mol. The highest BCUT2D eigenvalue weighted by Crippen LogP contribution is 2.43. The minimum absolute atomic E-state index is 0.447. The summed E-state index contributed by atoms with van der Waals surface area (Å²) in [6.45, 7) is 4.85. The fourth-order valence-corrected chi connectivity index (χ4v) is 3.03. The summed E-state index contributed by atoms with van der Waals surface area (Å²) in [4.78, 5) is 0.